The molecule has 2 aromatic carbocycles. The molecule has 0 saturated heterocycles. The number of carbonyl (C=O) groups excluding carboxylic acids is 1. The zero-order valence-corrected chi connectivity index (χ0v) is 14.5. The van der Waals surface area contributed by atoms with E-state index in [9.17, 15) is 14.0 Å². The summed E-state index contributed by atoms with van der Waals surface area (Å²) in [6, 6.07) is 15.4. The van der Waals surface area contributed by atoms with E-state index in [1.165, 1.54) is 30.5 Å². The van der Waals surface area contributed by atoms with Crippen molar-refractivity contribution in [2.24, 2.45) is 0 Å². The molecule has 0 aliphatic rings. The molecule has 0 radical (unpaired) electrons. The number of nitrogens with one attached hydrogen (secondary N) is 1. The van der Waals surface area contributed by atoms with E-state index in [-0.39, 0.29) is 18.0 Å². The molecule has 0 atom stereocenters. The second kappa shape index (κ2) is 8.18. The van der Waals surface area contributed by atoms with Gasteiger partial charge in [-0.1, -0.05) is 12.1 Å². The Kier molecular flexibility index (Phi) is 5.51. The van der Waals surface area contributed by atoms with Gasteiger partial charge in [0.15, 0.2) is 0 Å². The summed E-state index contributed by atoms with van der Waals surface area (Å²) in [5.41, 5.74) is 0.567. The van der Waals surface area contributed by atoms with Crippen LogP contribution in [0.3, 0.4) is 0 Å². The summed E-state index contributed by atoms with van der Waals surface area (Å²) in [6.07, 6.45) is 1.41. The number of amides is 1. The van der Waals surface area contributed by atoms with E-state index in [0.717, 1.165) is 4.73 Å². The first-order valence-electron chi connectivity index (χ1n) is 8.11. The predicted octanol–water partition coefficient (Wildman–Crippen LogP) is 2.88. The van der Waals surface area contributed by atoms with E-state index in [1.807, 2.05) is 0 Å². The van der Waals surface area contributed by atoms with Gasteiger partial charge in [-0.2, -0.15) is 4.73 Å². The van der Waals surface area contributed by atoms with Gasteiger partial charge in [-0.15, -0.1) is 0 Å². The molecule has 0 spiro atoms. The van der Waals surface area contributed by atoms with Gasteiger partial charge in [0.1, 0.15) is 23.7 Å². The molecule has 3 rings (SSSR count). The normalized spacial score (nSPS) is 10.3. The van der Waals surface area contributed by atoms with Gasteiger partial charge in [0, 0.05) is 11.9 Å². The van der Waals surface area contributed by atoms with E-state index in [4.69, 9.17) is 9.57 Å². The maximum Gasteiger partial charge on any atom is 0.295 e. The van der Waals surface area contributed by atoms with Crippen LogP contribution in [0.5, 0.6) is 5.75 Å². The van der Waals surface area contributed by atoms with Crippen molar-refractivity contribution in [1.29, 1.82) is 0 Å². The quantitative estimate of drug-likeness (QED) is 0.726. The average Bonchev–Trinajstić information content (AvgIpc) is 2.69. The number of benzene rings is 2. The lowest BCUT2D eigenvalue weighted by atomic mass is 10.2. The first-order valence-corrected chi connectivity index (χ1v) is 8.11. The maximum absolute atomic E-state index is 12.9. The van der Waals surface area contributed by atoms with Crippen LogP contribution in [0.25, 0.3) is 0 Å². The van der Waals surface area contributed by atoms with E-state index < -0.39 is 11.5 Å². The van der Waals surface area contributed by atoms with E-state index in [2.05, 4.69) is 5.32 Å². The average molecular weight is 368 g/mol. The van der Waals surface area contributed by atoms with Gasteiger partial charge in [0.25, 0.3) is 11.5 Å². The smallest absolute Gasteiger partial charge is 0.295 e. The second-order valence-electron chi connectivity index (χ2n) is 5.64. The summed E-state index contributed by atoms with van der Waals surface area (Å²) < 4.78 is 19.0. The molecule has 1 amide bonds. The van der Waals surface area contributed by atoms with E-state index >= 15 is 0 Å². The van der Waals surface area contributed by atoms with Crippen LogP contribution in [0.15, 0.2) is 71.7 Å². The molecule has 0 unspecified atom stereocenters. The third-order valence-corrected chi connectivity index (χ3v) is 3.79. The molecule has 3 aromatic rings. The standard InChI is InChI=1S/C20H17FN2O4/c1-26-17-10-8-16(9-11-17)22-19(24)18-3-2-12-23(20(18)25)27-13-14-4-6-15(21)7-5-14/h2-12H,13H2,1H3,(H,22,24). The number of hydrogen-bond donors (Lipinski definition) is 1. The minimum absolute atomic E-state index is 0.0593. The van der Waals surface area contributed by atoms with Crippen molar-refractivity contribution < 1.29 is 18.8 Å². The minimum Gasteiger partial charge on any atom is -0.497 e. The molecule has 7 heteroatoms. The third-order valence-electron chi connectivity index (χ3n) is 3.79. The Morgan fingerprint density at radius 3 is 2.44 bits per heavy atom. The highest BCUT2D eigenvalue weighted by Crippen LogP contribution is 2.15. The number of methoxy groups -OCH3 is 1. The monoisotopic (exact) mass is 368 g/mol. The lowest BCUT2D eigenvalue weighted by Gasteiger charge is -2.10. The zero-order chi connectivity index (χ0) is 19.2. The van der Waals surface area contributed by atoms with Crippen molar-refractivity contribution in [3.63, 3.8) is 0 Å². The van der Waals surface area contributed by atoms with Crippen molar-refractivity contribution in [2.45, 2.75) is 6.61 Å². The number of aromatic nitrogens is 1. The Bertz CT molecular complexity index is 982. The van der Waals surface area contributed by atoms with Crippen LogP contribution in [-0.4, -0.2) is 17.7 Å². The number of carbonyl (C=O) groups is 1. The predicted molar refractivity (Wildman–Crippen MR) is 98.3 cm³/mol. The molecule has 0 bridgehead atoms. The van der Waals surface area contributed by atoms with Crippen LogP contribution >= 0.6 is 0 Å². The van der Waals surface area contributed by atoms with Gasteiger partial charge in [-0.3, -0.25) is 9.59 Å². The lowest BCUT2D eigenvalue weighted by Crippen LogP contribution is -2.32. The fourth-order valence-electron chi connectivity index (χ4n) is 2.35. The highest BCUT2D eigenvalue weighted by Gasteiger charge is 2.13. The van der Waals surface area contributed by atoms with Crippen LogP contribution in [0.2, 0.25) is 0 Å². The fraction of sp³-hybridized carbons (Fsp3) is 0.100. The first kappa shape index (κ1) is 18.2. The van der Waals surface area contributed by atoms with Crippen molar-refractivity contribution in [3.8, 4) is 5.75 Å². The topological polar surface area (TPSA) is 69.6 Å². The van der Waals surface area contributed by atoms with Gasteiger partial charge in [0.05, 0.1) is 7.11 Å². The molecule has 0 aliphatic carbocycles. The lowest BCUT2D eigenvalue weighted by molar-refractivity contribution is 0.0863. The molecule has 0 fully saturated rings. The number of nitrogens with zero attached hydrogens (tertiary/aromatic N) is 1. The number of halogens is 1. The third kappa shape index (κ3) is 4.52. The van der Waals surface area contributed by atoms with Crippen LogP contribution in [0, 0.1) is 5.82 Å². The summed E-state index contributed by atoms with van der Waals surface area (Å²) in [7, 11) is 1.55. The second-order valence-corrected chi connectivity index (χ2v) is 5.64. The molecule has 1 N–H and O–H groups in total. The molecule has 27 heavy (non-hydrogen) atoms. The van der Waals surface area contributed by atoms with Gasteiger partial charge >= 0.3 is 0 Å². The highest BCUT2D eigenvalue weighted by molar-refractivity contribution is 6.03. The van der Waals surface area contributed by atoms with Crippen molar-refractivity contribution in [2.75, 3.05) is 12.4 Å². The molecular weight excluding hydrogens is 351 g/mol. The fourth-order valence-corrected chi connectivity index (χ4v) is 2.35. The van der Waals surface area contributed by atoms with Crippen LogP contribution in [0.4, 0.5) is 10.1 Å². The Balaban J connectivity index is 1.72. The van der Waals surface area contributed by atoms with Gasteiger partial charge in [0.2, 0.25) is 0 Å². The zero-order valence-electron chi connectivity index (χ0n) is 14.5. The van der Waals surface area contributed by atoms with Gasteiger partial charge in [-0.25, -0.2) is 4.39 Å². The Labute approximate surface area is 154 Å². The maximum atomic E-state index is 12.9. The molecular formula is C20H17FN2O4. The number of hydrogen-bond acceptors (Lipinski definition) is 4. The number of pyridine rings is 1. The summed E-state index contributed by atoms with van der Waals surface area (Å²) >= 11 is 0. The summed E-state index contributed by atoms with van der Waals surface area (Å²) in [5.74, 6) is -0.248. The summed E-state index contributed by atoms with van der Waals surface area (Å²) in [4.78, 5) is 30.3. The van der Waals surface area contributed by atoms with Crippen molar-refractivity contribution >= 4 is 11.6 Å². The Morgan fingerprint density at radius 1 is 1.07 bits per heavy atom. The number of anilines is 1. The molecule has 138 valence electrons. The highest BCUT2D eigenvalue weighted by atomic mass is 19.1. The molecule has 6 nitrogen and oxygen atoms in total. The first-order chi connectivity index (χ1) is 13.1. The molecule has 0 aliphatic heterocycles. The number of ether oxygens (including phenoxy) is 1. The summed E-state index contributed by atoms with van der Waals surface area (Å²) in [5, 5.41) is 2.65. The SMILES string of the molecule is COc1ccc(NC(=O)c2cccn(OCc3ccc(F)cc3)c2=O)cc1. The van der Waals surface area contributed by atoms with Gasteiger partial charge < -0.3 is 14.9 Å². The summed E-state index contributed by atoms with van der Waals surface area (Å²) in [6.45, 7) is 0.0593. The molecule has 1 aromatic heterocycles. The van der Waals surface area contributed by atoms with Crippen molar-refractivity contribution in [1.82, 2.24) is 4.73 Å². The largest absolute Gasteiger partial charge is 0.497 e. The van der Waals surface area contributed by atoms with E-state index in [1.54, 1.807) is 43.5 Å². The number of rotatable bonds is 6. The minimum atomic E-state index is -0.592. The van der Waals surface area contributed by atoms with Crippen LogP contribution < -0.4 is 20.5 Å². The van der Waals surface area contributed by atoms with Gasteiger partial charge in [-0.05, 0) is 54.1 Å². The Morgan fingerprint density at radius 2 is 1.78 bits per heavy atom. The van der Waals surface area contributed by atoms with Crippen molar-refractivity contribution in [3.05, 3.63) is 94.2 Å². The van der Waals surface area contributed by atoms with Crippen LogP contribution in [-0.2, 0) is 6.61 Å². The molecule has 0 saturated carbocycles. The Hall–Kier alpha value is -3.61. The van der Waals surface area contributed by atoms with E-state index in [0.29, 0.717) is 17.0 Å². The molecule has 1 heterocycles. The van der Waals surface area contributed by atoms with Crippen LogP contribution in [0.1, 0.15) is 15.9 Å².